The van der Waals surface area contributed by atoms with Gasteiger partial charge in [0.15, 0.2) is 0 Å². The van der Waals surface area contributed by atoms with Crippen LogP contribution in [0.3, 0.4) is 0 Å². The molecule has 1 N–H and O–H groups in total. The highest BCUT2D eigenvalue weighted by Gasteiger charge is 2.20. The Morgan fingerprint density at radius 2 is 2.14 bits per heavy atom. The average Bonchev–Trinajstić information content (AvgIpc) is 2.99. The third-order valence-electron chi connectivity index (χ3n) is 4.31. The highest BCUT2D eigenvalue weighted by molar-refractivity contribution is 7.17. The molecule has 2 aromatic heterocycles. The Balaban J connectivity index is 1.77. The lowest BCUT2D eigenvalue weighted by molar-refractivity contribution is 0.0700. The van der Waals surface area contributed by atoms with Crippen LogP contribution in [0.15, 0.2) is 24.5 Å². The van der Waals surface area contributed by atoms with Gasteiger partial charge in [-0.3, -0.25) is 4.98 Å². The van der Waals surface area contributed by atoms with Gasteiger partial charge in [-0.1, -0.05) is 32.1 Å². The molecule has 0 atom stereocenters. The van der Waals surface area contributed by atoms with Crippen LogP contribution in [-0.2, 0) is 6.42 Å². The second-order valence-electron chi connectivity index (χ2n) is 5.88. The van der Waals surface area contributed by atoms with Crippen molar-refractivity contribution in [2.24, 2.45) is 5.92 Å². The van der Waals surface area contributed by atoms with Crippen molar-refractivity contribution < 1.29 is 9.90 Å². The van der Waals surface area contributed by atoms with Crippen molar-refractivity contribution in [1.29, 1.82) is 0 Å². The van der Waals surface area contributed by atoms with E-state index in [4.69, 9.17) is 0 Å². The van der Waals surface area contributed by atoms with Gasteiger partial charge < -0.3 is 5.11 Å². The van der Waals surface area contributed by atoms with Gasteiger partial charge in [-0.15, -0.1) is 11.3 Å². The summed E-state index contributed by atoms with van der Waals surface area (Å²) in [6.07, 6.45) is 11.8. The molecule has 0 aromatic carbocycles. The fourth-order valence-corrected chi connectivity index (χ4v) is 4.06. The van der Waals surface area contributed by atoms with Crippen molar-refractivity contribution in [3.8, 4) is 10.6 Å². The normalized spacial score (nSPS) is 15.8. The van der Waals surface area contributed by atoms with Crippen LogP contribution in [0.1, 0.15) is 53.9 Å². The molecule has 0 bridgehead atoms. The van der Waals surface area contributed by atoms with Gasteiger partial charge in [0.25, 0.3) is 0 Å². The number of carboxylic acids is 1. The summed E-state index contributed by atoms with van der Waals surface area (Å²) >= 11 is 1.26. The molecule has 1 aliphatic rings. The summed E-state index contributed by atoms with van der Waals surface area (Å²) in [6.45, 7) is 0. The predicted molar refractivity (Wildman–Crippen MR) is 87.2 cm³/mol. The van der Waals surface area contributed by atoms with E-state index in [1.807, 2.05) is 12.1 Å². The molecule has 0 amide bonds. The van der Waals surface area contributed by atoms with E-state index < -0.39 is 5.97 Å². The number of rotatable bonds is 5. The van der Waals surface area contributed by atoms with Crippen LogP contribution in [0, 0.1) is 5.92 Å². The zero-order valence-corrected chi connectivity index (χ0v) is 13.3. The molecule has 2 aromatic rings. The minimum atomic E-state index is -0.869. The Hall–Kier alpha value is -1.75. The Kier molecular flexibility index (Phi) is 4.83. The SMILES string of the molecule is O=C(O)c1sc(-c2cccnc2)nc1CCC1CCCCC1. The molecule has 2 heterocycles. The third kappa shape index (κ3) is 3.53. The third-order valence-corrected chi connectivity index (χ3v) is 5.45. The fourth-order valence-electron chi connectivity index (χ4n) is 3.12. The van der Waals surface area contributed by atoms with Crippen LogP contribution in [0.4, 0.5) is 0 Å². The lowest BCUT2D eigenvalue weighted by Crippen LogP contribution is -2.08. The van der Waals surface area contributed by atoms with Gasteiger partial charge in [0.1, 0.15) is 9.88 Å². The maximum Gasteiger partial charge on any atom is 0.347 e. The Morgan fingerprint density at radius 1 is 1.32 bits per heavy atom. The summed E-state index contributed by atoms with van der Waals surface area (Å²) in [7, 11) is 0. The van der Waals surface area contributed by atoms with E-state index in [1.165, 1.54) is 43.4 Å². The summed E-state index contributed by atoms with van der Waals surface area (Å²) in [5.74, 6) is -0.134. The molecular weight excluding hydrogens is 296 g/mol. The van der Waals surface area contributed by atoms with Gasteiger partial charge in [-0.2, -0.15) is 0 Å². The van der Waals surface area contributed by atoms with Crippen LogP contribution in [0.25, 0.3) is 10.6 Å². The van der Waals surface area contributed by atoms with Gasteiger partial charge in [0.2, 0.25) is 0 Å². The molecule has 5 heteroatoms. The van der Waals surface area contributed by atoms with E-state index in [1.54, 1.807) is 12.4 Å². The largest absolute Gasteiger partial charge is 0.477 e. The molecule has 22 heavy (non-hydrogen) atoms. The zero-order valence-electron chi connectivity index (χ0n) is 12.5. The van der Waals surface area contributed by atoms with E-state index in [0.717, 1.165) is 35.0 Å². The first-order valence-corrected chi connectivity index (χ1v) is 8.69. The molecule has 1 saturated carbocycles. The number of aromatic carboxylic acids is 1. The van der Waals surface area contributed by atoms with Crippen molar-refractivity contribution in [3.05, 3.63) is 35.1 Å². The first-order valence-electron chi connectivity index (χ1n) is 7.87. The Morgan fingerprint density at radius 3 is 2.82 bits per heavy atom. The molecule has 0 saturated heterocycles. The summed E-state index contributed by atoms with van der Waals surface area (Å²) < 4.78 is 0. The summed E-state index contributed by atoms with van der Waals surface area (Å²) in [5, 5.41) is 10.2. The molecule has 0 aliphatic heterocycles. The number of carboxylic acid groups (broad SMARTS) is 1. The highest BCUT2D eigenvalue weighted by atomic mass is 32.1. The molecule has 116 valence electrons. The van der Waals surface area contributed by atoms with E-state index in [0.29, 0.717) is 4.88 Å². The number of aryl methyl sites for hydroxylation is 1. The number of hydrogen-bond acceptors (Lipinski definition) is 4. The van der Waals surface area contributed by atoms with Gasteiger partial charge in [0.05, 0.1) is 5.69 Å². The van der Waals surface area contributed by atoms with Crippen LogP contribution in [0.2, 0.25) is 0 Å². The molecule has 1 fully saturated rings. The fraction of sp³-hybridized carbons (Fsp3) is 0.471. The Bertz CT molecular complexity index is 633. The first-order chi connectivity index (χ1) is 10.7. The summed E-state index contributed by atoms with van der Waals surface area (Å²) in [5.41, 5.74) is 1.63. The molecular formula is C17H20N2O2S. The minimum absolute atomic E-state index is 0.384. The van der Waals surface area contributed by atoms with Crippen LogP contribution >= 0.6 is 11.3 Å². The number of carbonyl (C=O) groups is 1. The number of pyridine rings is 1. The van der Waals surface area contributed by atoms with Crippen molar-refractivity contribution in [3.63, 3.8) is 0 Å². The van der Waals surface area contributed by atoms with Crippen molar-refractivity contribution in [2.75, 3.05) is 0 Å². The summed E-state index contributed by atoms with van der Waals surface area (Å²) in [6, 6.07) is 3.77. The standard InChI is InChI=1S/C17H20N2O2S/c20-17(21)15-14(9-8-12-5-2-1-3-6-12)19-16(22-15)13-7-4-10-18-11-13/h4,7,10-12H,1-3,5-6,8-9H2,(H,20,21). The van der Waals surface area contributed by atoms with E-state index in [9.17, 15) is 9.90 Å². The number of hydrogen-bond donors (Lipinski definition) is 1. The number of thiazole rings is 1. The maximum atomic E-state index is 11.5. The van der Waals surface area contributed by atoms with Crippen LogP contribution < -0.4 is 0 Å². The zero-order chi connectivity index (χ0) is 15.4. The maximum absolute atomic E-state index is 11.5. The van der Waals surface area contributed by atoms with Gasteiger partial charge in [-0.05, 0) is 30.9 Å². The minimum Gasteiger partial charge on any atom is -0.477 e. The predicted octanol–water partition coefficient (Wildman–Crippen LogP) is 4.42. The average molecular weight is 316 g/mol. The topological polar surface area (TPSA) is 63.1 Å². The summed E-state index contributed by atoms with van der Waals surface area (Å²) in [4.78, 5) is 20.5. The van der Waals surface area contributed by atoms with Crippen molar-refractivity contribution in [1.82, 2.24) is 9.97 Å². The lowest BCUT2D eigenvalue weighted by atomic mass is 9.86. The number of nitrogens with zero attached hydrogens (tertiary/aromatic N) is 2. The van der Waals surface area contributed by atoms with E-state index in [2.05, 4.69) is 9.97 Å². The Labute approximate surface area is 134 Å². The molecule has 4 nitrogen and oxygen atoms in total. The van der Waals surface area contributed by atoms with Crippen molar-refractivity contribution in [2.45, 2.75) is 44.9 Å². The lowest BCUT2D eigenvalue weighted by Gasteiger charge is -2.20. The molecule has 3 rings (SSSR count). The smallest absolute Gasteiger partial charge is 0.347 e. The van der Waals surface area contributed by atoms with Gasteiger partial charge >= 0.3 is 5.97 Å². The molecule has 0 spiro atoms. The highest BCUT2D eigenvalue weighted by Crippen LogP contribution is 2.31. The molecule has 1 aliphatic carbocycles. The van der Waals surface area contributed by atoms with Crippen LogP contribution in [-0.4, -0.2) is 21.0 Å². The quantitative estimate of drug-likeness (QED) is 0.887. The van der Waals surface area contributed by atoms with Gasteiger partial charge in [-0.25, -0.2) is 9.78 Å². The van der Waals surface area contributed by atoms with Crippen LogP contribution in [0.5, 0.6) is 0 Å². The second-order valence-corrected chi connectivity index (χ2v) is 6.88. The van der Waals surface area contributed by atoms with Crippen molar-refractivity contribution >= 4 is 17.3 Å². The molecule has 0 unspecified atom stereocenters. The first kappa shape index (κ1) is 15.2. The van der Waals surface area contributed by atoms with Gasteiger partial charge in [0, 0.05) is 18.0 Å². The van der Waals surface area contributed by atoms with E-state index in [-0.39, 0.29) is 0 Å². The second kappa shape index (κ2) is 7.01. The monoisotopic (exact) mass is 316 g/mol. The molecule has 0 radical (unpaired) electrons. The van der Waals surface area contributed by atoms with E-state index >= 15 is 0 Å². The number of aromatic nitrogens is 2.